The molecule has 0 amide bonds. The highest BCUT2D eigenvalue weighted by Gasteiger charge is 2.21. The zero-order chi connectivity index (χ0) is 17.8. The van der Waals surface area contributed by atoms with Gasteiger partial charge in [0.15, 0.2) is 6.29 Å². The van der Waals surface area contributed by atoms with Gasteiger partial charge in [-0.2, -0.15) is 0 Å². The standard InChI is InChI=1S/C17H20ClN5O2/c18-15-9-12(19)10-21-17(15)25-14-3-1-13(2-4-14)22-5-7-23(8-6-22)16(20)11-24/h1-4,9-11,16H,5-8,19-20H2. The number of nitrogen functional groups attached to an aromatic ring is 1. The normalized spacial score (nSPS) is 16.5. The van der Waals surface area contributed by atoms with Crippen LogP contribution in [0.4, 0.5) is 11.4 Å². The van der Waals surface area contributed by atoms with E-state index >= 15 is 0 Å². The van der Waals surface area contributed by atoms with Crippen LogP contribution in [-0.2, 0) is 4.79 Å². The molecule has 1 aliphatic heterocycles. The van der Waals surface area contributed by atoms with E-state index in [9.17, 15) is 4.79 Å². The van der Waals surface area contributed by atoms with E-state index in [1.165, 1.54) is 6.20 Å². The lowest BCUT2D eigenvalue weighted by molar-refractivity contribution is -0.112. The van der Waals surface area contributed by atoms with Crippen molar-refractivity contribution in [2.24, 2.45) is 5.73 Å². The molecule has 4 N–H and O–H groups in total. The summed E-state index contributed by atoms with van der Waals surface area (Å²) in [4.78, 5) is 19.1. The molecule has 0 spiro atoms. The summed E-state index contributed by atoms with van der Waals surface area (Å²) in [5.41, 5.74) is 12.9. The quantitative estimate of drug-likeness (QED) is 0.782. The maximum Gasteiger partial charge on any atom is 0.238 e. The lowest BCUT2D eigenvalue weighted by Crippen LogP contribution is -2.53. The van der Waals surface area contributed by atoms with Crippen LogP contribution < -0.4 is 21.1 Å². The average molecular weight is 362 g/mol. The van der Waals surface area contributed by atoms with E-state index in [1.807, 2.05) is 29.2 Å². The Hall–Kier alpha value is -2.35. The Morgan fingerprint density at radius 2 is 1.88 bits per heavy atom. The van der Waals surface area contributed by atoms with E-state index in [0.717, 1.165) is 38.2 Å². The number of hydrogen-bond acceptors (Lipinski definition) is 7. The van der Waals surface area contributed by atoms with Gasteiger partial charge in [-0.25, -0.2) is 4.98 Å². The first-order valence-electron chi connectivity index (χ1n) is 7.95. The lowest BCUT2D eigenvalue weighted by atomic mass is 10.2. The molecule has 0 aliphatic carbocycles. The molecule has 1 saturated heterocycles. The zero-order valence-corrected chi connectivity index (χ0v) is 14.4. The van der Waals surface area contributed by atoms with Crippen molar-refractivity contribution in [3.63, 3.8) is 0 Å². The molecule has 1 fully saturated rings. The fourth-order valence-corrected chi connectivity index (χ4v) is 2.93. The first-order valence-corrected chi connectivity index (χ1v) is 8.33. The molecule has 3 rings (SSSR count). The molecule has 8 heteroatoms. The summed E-state index contributed by atoms with van der Waals surface area (Å²) in [5.74, 6) is 0.963. The molecule has 0 saturated carbocycles. The summed E-state index contributed by atoms with van der Waals surface area (Å²) in [7, 11) is 0. The number of hydrogen-bond donors (Lipinski definition) is 2. The maximum atomic E-state index is 10.8. The topological polar surface area (TPSA) is 97.7 Å². The average Bonchev–Trinajstić information content (AvgIpc) is 2.64. The third kappa shape index (κ3) is 4.19. The van der Waals surface area contributed by atoms with Crippen LogP contribution in [0.5, 0.6) is 11.6 Å². The fraction of sp³-hybridized carbons (Fsp3) is 0.294. The van der Waals surface area contributed by atoms with E-state index in [1.54, 1.807) is 6.07 Å². The Morgan fingerprint density at radius 1 is 1.20 bits per heavy atom. The second-order valence-corrected chi connectivity index (χ2v) is 6.21. The van der Waals surface area contributed by atoms with Gasteiger partial charge in [0.25, 0.3) is 0 Å². The summed E-state index contributed by atoms with van der Waals surface area (Å²) >= 11 is 6.07. The Morgan fingerprint density at radius 3 is 2.48 bits per heavy atom. The van der Waals surface area contributed by atoms with Crippen LogP contribution in [0.15, 0.2) is 36.5 Å². The Labute approximate surface area is 151 Å². The fourth-order valence-electron chi connectivity index (χ4n) is 2.72. The predicted octanol–water partition coefficient (Wildman–Crippen LogP) is 1.72. The molecule has 2 aromatic rings. The van der Waals surface area contributed by atoms with Gasteiger partial charge in [0.1, 0.15) is 16.9 Å². The molecule has 1 atom stereocenters. The predicted molar refractivity (Wildman–Crippen MR) is 98.0 cm³/mol. The van der Waals surface area contributed by atoms with Crippen LogP contribution in [0.3, 0.4) is 0 Å². The Bertz CT molecular complexity index is 732. The number of carbonyl (C=O) groups is 1. The molecule has 1 aromatic heterocycles. The van der Waals surface area contributed by atoms with E-state index < -0.39 is 6.17 Å². The minimum absolute atomic E-state index is 0.320. The lowest BCUT2D eigenvalue weighted by Gasteiger charge is -2.37. The van der Waals surface area contributed by atoms with Crippen LogP contribution in [0, 0.1) is 0 Å². The summed E-state index contributed by atoms with van der Waals surface area (Å²) in [5, 5.41) is 0.367. The van der Waals surface area contributed by atoms with Crippen molar-refractivity contribution in [2.75, 3.05) is 36.8 Å². The number of benzene rings is 1. The van der Waals surface area contributed by atoms with Gasteiger partial charge in [0.2, 0.25) is 5.88 Å². The van der Waals surface area contributed by atoms with Crippen LogP contribution in [0.2, 0.25) is 5.02 Å². The second kappa shape index (κ2) is 7.69. The SMILES string of the molecule is Nc1cnc(Oc2ccc(N3CCN(C(N)C=O)CC3)cc2)c(Cl)c1. The minimum Gasteiger partial charge on any atom is -0.438 e. The Kier molecular flexibility index (Phi) is 5.37. The van der Waals surface area contributed by atoms with Crippen LogP contribution in [0.1, 0.15) is 0 Å². The largest absolute Gasteiger partial charge is 0.438 e. The van der Waals surface area contributed by atoms with Crippen LogP contribution in [-0.4, -0.2) is 48.5 Å². The number of ether oxygens (including phenoxy) is 1. The van der Waals surface area contributed by atoms with E-state index in [0.29, 0.717) is 22.3 Å². The van der Waals surface area contributed by atoms with Crippen molar-refractivity contribution in [1.29, 1.82) is 0 Å². The van der Waals surface area contributed by atoms with Gasteiger partial charge in [-0.15, -0.1) is 0 Å². The highest BCUT2D eigenvalue weighted by molar-refractivity contribution is 6.32. The molecule has 25 heavy (non-hydrogen) atoms. The zero-order valence-electron chi connectivity index (χ0n) is 13.6. The molecule has 1 unspecified atom stereocenters. The molecular weight excluding hydrogens is 342 g/mol. The van der Waals surface area contributed by atoms with Crippen molar-refractivity contribution >= 4 is 29.3 Å². The van der Waals surface area contributed by atoms with E-state index in [-0.39, 0.29) is 0 Å². The first-order chi connectivity index (χ1) is 12.1. The summed E-state index contributed by atoms with van der Waals surface area (Å²) < 4.78 is 5.69. The smallest absolute Gasteiger partial charge is 0.238 e. The first kappa shape index (κ1) is 17.5. The number of halogens is 1. The summed E-state index contributed by atoms with van der Waals surface area (Å²) in [6, 6.07) is 9.30. The van der Waals surface area contributed by atoms with E-state index in [2.05, 4.69) is 9.88 Å². The number of piperazine rings is 1. The van der Waals surface area contributed by atoms with Gasteiger partial charge in [-0.05, 0) is 30.3 Å². The van der Waals surface area contributed by atoms with E-state index in [4.69, 9.17) is 27.8 Å². The van der Waals surface area contributed by atoms with Gasteiger partial charge in [0.05, 0.1) is 11.9 Å². The third-order valence-electron chi connectivity index (χ3n) is 4.12. The molecule has 1 aliphatic rings. The molecule has 7 nitrogen and oxygen atoms in total. The van der Waals surface area contributed by atoms with Gasteiger partial charge in [-0.1, -0.05) is 11.6 Å². The van der Waals surface area contributed by atoms with Gasteiger partial charge < -0.3 is 25.9 Å². The molecular formula is C17H20ClN5O2. The number of pyridine rings is 1. The van der Waals surface area contributed by atoms with Crippen molar-refractivity contribution in [2.45, 2.75) is 6.17 Å². The number of nitrogens with two attached hydrogens (primary N) is 2. The number of nitrogens with zero attached hydrogens (tertiary/aromatic N) is 3. The van der Waals surface area contributed by atoms with Crippen molar-refractivity contribution < 1.29 is 9.53 Å². The highest BCUT2D eigenvalue weighted by atomic mass is 35.5. The van der Waals surface area contributed by atoms with Crippen LogP contribution in [0.25, 0.3) is 0 Å². The summed E-state index contributed by atoms with van der Waals surface area (Å²) in [6.07, 6.45) is 1.76. The van der Waals surface area contributed by atoms with Crippen LogP contribution >= 0.6 is 11.6 Å². The van der Waals surface area contributed by atoms with Crippen molar-refractivity contribution in [1.82, 2.24) is 9.88 Å². The maximum absolute atomic E-state index is 10.8. The minimum atomic E-state index is -0.518. The monoisotopic (exact) mass is 361 g/mol. The molecule has 1 aromatic carbocycles. The third-order valence-corrected chi connectivity index (χ3v) is 4.39. The number of aldehydes is 1. The Balaban J connectivity index is 1.62. The summed E-state index contributed by atoms with van der Waals surface area (Å²) in [6.45, 7) is 3.13. The molecule has 0 bridgehead atoms. The van der Waals surface area contributed by atoms with Gasteiger partial charge in [-0.3, -0.25) is 4.90 Å². The number of rotatable bonds is 5. The second-order valence-electron chi connectivity index (χ2n) is 5.80. The molecule has 2 heterocycles. The number of aromatic nitrogens is 1. The van der Waals surface area contributed by atoms with Crippen molar-refractivity contribution in [3.05, 3.63) is 41.6 Å². The number of anilines is 2. The highest BCUT2D eigenvalue weighted by Crippen LogP contribution is 2.29. The van der Waals surface area contributed by atoms with Gasteiger partial charge in [0, 0.05) is 31.9 Å². The molecule has 0 radical (unpaired) electrons. The molecule has 132 valence electrons. The van der Waals surface area contributed by atoms with Gasteiger partial charge >= 0.3 is 0 Å². The van der Waals surface area contributed by atoms with Crippen molar-refractivity contribution in [3.8, 4) is 11.6 Å². The number of carbonyl (C=O) groups excluding carboxylic acids is 1.